The molecule has 1 aromatic carbocycles. The molecule has 0 atom stereocenters. The Bertz CT molecular complexity index is 832. The summed E-state index contributed by atoms with van der Waals surface area (Å²) in [5.41, 5.74) is 1.90. The Balaban J connectivity index is 1.32. The van der Waals surface area contributed by atoms with Gasteiger partial charge in [0.05, 0.1) is 24.7 Å². The first-order chi connectivity index (χ1) is 13.6. The van der Waals surface area contributed by atoms with Gasteiger partial charge in [-0.3, -0.25) is 9.36 Å². The van der Waals surface area contributed by atoms with Crippen LogP contribution in [0.5, 0.6) is 0 Å². The molecule has 0 aliphatic carbocycles. The van der Waals surface area contributed by atoms with Gasteiger partial charge >= 0.3 is 0 Å². The number of rotatable bonds is 5. The van der Waals surface area contributed by atoms with Gasteiger partial charge in [-0.2, -0.15) is 0 Å². The summed E-state index contributed by atoms with van der Waals surface area (Å²) in [5.74, 6) is 0.834. The number of aromatic nitrogens is 3. The summed E-state index contributed by atoms with van der Waals surface area (Å²) in [7, 11) is 0. The van der Waals surface area contributed by atoms with Crippen LogP contribution in [-0.2, 0) is 14.3 Å². The molecule has 0 saturated carbocycles. The van der Waals surface area contributed by atoms with Crippen LogP contribution in [0.25, 0.3) is 5.69 Å². The van der Waals surface area contributed by atoms with Crippen molar-refractivity contribution >= 4 is 29.3 Å². The second-order valence-corrected chi connectivity index (χ2v) is 8.38. The van der Waals surface area contributed by atoms with Crippen molar-refractivity contribution in [3.8, 4) is 5.69 Å². The minimum absolute atomic E-state index is 0.0912. The van der Waals surface area contributed by atoms with Crippen LogP contribution < -0.4 is 0 Å². The lowest BCUT2D eigenvalue weighted by Gasteiger charge is -2.33. The topological polar surface area (TPSA) is 69.5 Å². The highest BCUT2D eigenvalue weighted by Gasteiger charge is 2.31. The summed E-state index contributed by atoms with van der Waals surface area (Å²) < 4.78 is 13.0. The second-order valence-electron chi connectivity index (χ2n) is 7.03. The number of carbonyl (C=O) groups is 1. The van der Waals surface area contributed by atoms with Crippen molar-refractivity contribution in [3.63, 3.8) is 0 Å². The van der Waals surface area contributed by atoms with E-state index in [1.807, 2.05) is 34.6 Å². The molecule has 0 radical (unpaired) electrons. The Morgan fingerprint density at radius 3 is 2.75 bits per heavy atom. The predicted octanol–water partition coefficient (Wildman–Crippen LogP) is 2.93. The number of hydrogen-bond donors (Lipinski definition) is 0. The van der Waals surface area contributed by atoms with E-state index in [2.05, 4.69) is 10.2 Å². The van der Waals surface area contributed by atoms with Crippen LogP contribution in [0.2, 0.25) is 5.02 Å². The number of likely N-dealkylation sites (tertiary alicyclic amines) is 1. The van der Waals surface area contributed by atoms with Gasteiger partial charge in [-0.1, -0.05) is 29.4 Å². The highest BCUT2D eigenvalue weighted by atomic mass is 35.5. The Labute approximate surface area is 173 Å². The molecule has 9 heteroatoms. The SMILES string of the molecule is Cc1ccc(-n2cnnc2SCC(=O)N2CCC(C3OCCO3)CC2)cc1Cl. The van der Waals surface area contributed by atoms with Crippen LogP contribution >= 0.6 is 23.4 Å². The summed E-state index contributed by atoms with van der Waals surface area (Å²) in [4.78, 5) is 14.6. The van der Waals surface area contributed by atoms with E-state index in [-0.39, 0.29) is 12.2 Å². The van der Waals surface area contributed by atoms with E-state index in [4.69, 9.17) is 21.1 Å². The van der Waals surface area contributed by atoms with E-state index in [1.165, 1.54) is 11.8 Å². The van der Waals surface area contributed by atoms with Crippen LogP contribution in [0.15, 0.2) is 29.7 Å². The maximum Gasteiger partial charge on any atom is 0.233 e. The first-order valence-corrected chi connectivity index (χ1v) is 10.8. The third-order valence-corrected chi connectivity index (χ3v) is 6.53. The second kappa shape index (κ2) is 8.82. The molecule has 0 unspecified atom stereocenters. The molecule has 2 aliphatic heterocycles. The number of carbonyl (C=O) groups excluding carboxylic acids is 1. The van der Waals surface area contributed by atoms with Crippen LogP contribution in [0.3, 0.4) is 0 Å². The molecule has 0 spiro atoms. The largest absolute Gasteiger partial charge is 0.350 e. The summed E-state index contributed by atoms with van der Waals surface area (Å²) in [6.07, 6.45) is 3.38. The molecule has 2 aliphatic rings. The first-order valence-electron chi connectivity index (χ1n) is 9.42. The molecule has 150 valence electrons. The van der Waals surface area contributed by atoms with E-state index in [0.29, 0.717) is 35.1 Å². The summed E-state index contributed by atoms with van der Waals surface area (Å²) in [6, 6.07) is 5.80. The Hall–Kier alpha value is -1.61. The van der Waals surface area contributed by atoms with Crippen molar-refractivity contribution in [1.82, 2.24) is 19.7 Å². The van der Waals surface area contributed by atoms with Crippen LogP contribution in [-0.4, -0.2) is 63.9 Å². The number of amides is 1. The predicted molar refractivity (Wildman–Crippen MR) is 107 cm³/mol. The average Bonchev–Trinajstić information content (AvgIpc) is 3.40. The molecule has 7 nitrogen and oxygen atoms in total. The van der Waals surface area contributed by atoms with Crippen molar-refractivity contribution in [2.75, 3.05) is 32.1 Å². The zero-order chi connectivity index (χ0) is 19.5. The molecule has 1 amide bonds. The molecule has 0 bridgehead atoms. The van der Waals surface area contributed by atoms with Crippen molar-refractivity contribution in [3.05, 3.63) is 35.1 Å². The maximum absolute atomic E-state index is 12.6. The van der Waals surface area contributed by atoms with Gasteiger partial charge in [-0.15, -0.1) is 10.2 Å². The number of halogens is 1. The third-order valence-electron chi connectivity index (χ3n) is 5.20. The Kier molecular flexibility index (Phi) is 6.20. The van der Waals surface area contributed by atoms with Crippen LogP contribution in [0.4, 0.5) is 0 Å². The van der Waals surface area contributed by atoms with Crippen molar-refractivity contribution in [2.45, 2.75) is 31.2 Å². The number of piperidine rings is 1. The molecule has 2 fully saturated rings. The van der Waals surface area contributed by atoms with Crippen molar-refractivity contribution in [2.24, 2.45) is 5.92 Å². The van der Waals surface area contributed by atoms with Gasteiger partial charge in [0.1, 0.15) is 6.33 Å². The molecule has 28 heavy (non-hydrogen) atoms. The summed E-state index contributed by atoms with van der Waals surface area (Å²) >= 11 is 7.62. The van der Waals surface area contributed by atoms with Gasteiger partial charge in [0, 0.05) is 24.0 Å². The van der Waals surface area contributed by atoms with Gasteiger partial charge < -0.3 is 14.4 Å². The fraction of sp³-hybridized carbons (Fsp3) is 0.526. The van der Waals surface area contributed by atoms with E-state index in [9.17, 15) is 4.79 Å². The summed E-state index contributed by atoms with van der Waals surface area (Å²) in [6.45, 7) is 4.79. The monoisotopic (exact) mass is 422 g/mol. The number of thioether (sulfide) groups is 1. The van der Waals surface area contributed by atoms with Gasteiger partial charge in [0.25, 0.3) is 0 Å². The van der Waals surface area contributed by atoms with E-state index < -0.39 is 0 Å². The number of hydrogen-bond acceptors (Lipinski definition) is 6. The number of benzene rings is 1. The van der Waals surface area contributed by atoms with E-state index in [0.717, 1.165) is 37.2 Å². The zero-order valence-corrected chi connectivity index (χ0v) is 17.3. The Morgan fingerprint density at radius 2 is 2.04 bits per heavy atom. The van der Waals surface area contributed by atoms with E-state index in [1.54, 1.807) is 6.33 Å². The molecule has 3 heterocycles. The zero-order valence-electron chi connectivity index (χ0n) is 15.7. The lowest BCUT2D eigenvalue weighted by atomic mass is 9.96. The molecule has 4 rings (SSSR count). The fourth-order valence-electron chi connectivity index (χ4n) is 3.52. The lowest BCUT2D eigenvalue weighted by Crippen LogP contribution is -2.42. The summed E-state index contributed by atoms with van der Waals surface area (Å²) in [5, 5.41) is 9.51. The van der Waals surface area contributed by atoms with Gasteiger partial charge in [0.15, 0.2) is 11.4 Å². The number of ether oxygens (including phenoxy) is 2. The average molecular weight is 423 g/mol. The maximum atomic E-state index is 12.6. The van der Waals surface area contributed by atoms with Gasteiger partial charge in [-0.25, -0.2) is 0 Å². The minimum atomic E-state index is -0.0912. The number of nitrogens with zero attached hydrogens (tertiary/aromatic N) is 4. The lowest BCUT2D eigenvalue weighted by molar-refractivity contribution is -0.134. The fourth-order valence-corrected chi connectivity index (χ4v) is 4.53. The third kappa shape index (κ3) is 4.35. The highest BCUT2D eigenvalue weighted by molar-refractivity contribution is 7.99. The smallest absolute Gasteiger partial charge is 0.233 e. The molecular weight excluding hydrogens is 400 g/mol. The first kappa shape index (κ1) is 19.7. The molecular formula is C19H23ClN4O3S. The molecule has 0 N–H and O–H groups in total. The number of aryl methyl sites for hydroxylation is 1. The van der Waals surface area contributed by atoms with Crippen molar-refractivity contribution < 1.29 is 14.3 Å². The van der Waals surface area contributed by atoms with Gasteiger partial charge in [0.2, 0.25) is 5.91 Å². The molecule has 1 aromatic heterocycles. The Morgan fingerprint density at radius 1 is 1.29 bits per heavy atom. The normalized spacial score (nSPS) is 18.7. The molecule has 2 aromatic rings. The van der Waals surface area contributed by atoms with Gasteiger partial charge in [-0.05, 0) is 37.5 Å². The van der Waals surface area contributed by atoms with E-state index >= 15 is 0 Å². The molecule has 2 saturated heterocycles. The standard InChI is InChI=1S/C19H23ClN4O3S/c1-13-2-3-15(10-16(13)20)24-12-21-22-19(24)28-11-17(25)23-6-4-14(5-7-23)18-26-8-9-27-18/h2-3,10,12,14,18H,4-9,11H2,1H3. The van der Waals surface area contributed by atoms with Crippen molar-refractivity contribution in [1.29, 1.82) is 0 Å². The highest BCUT2D eigenvalue weighted by Crippen LogP contribution is 2.27. The quantitative estimate of drug-likeness (QED) is 0.690. The minimum Gasteiger partial charge on any atom is -0.350 e. The van der Waals surface area contributed by atoms with Crippen LogP contribution in [0, 0.1) is 12.8 Å². The van der Waals surface area contributed by atoms with Crippen LogP contribution in [0.1, 0.15) is 18.4 Å².